The summed E-state index contributed by atoms with van der Waals surface area (Å²) in [7, 11) is 3.52. The third kappa shape index (κ3) is 7.38. The topological polar surface area (TPSA) is 150 Å². The van der Waals surface area contributed by atoms with Crippen molar-refractivity contribution in [2.24, 2.45) is 16.2 Å². The smallest absolute Gasteiger partial charge is 0.337 e. The van der Waals surface area contributed by atoms with Crippen molar-refractivity contribution in [3.63, 3.8) is 0 Å². The third-order valence-corrected chi connectivity index (χ3v) is 5.11. The Hall–Kier alpha value is -4.24. The second-order valence-electron chi connectivity index (χ2n) is 7.70. The first-order valence-corrected chi connectivity index (χ1v) is 11.0. The summed E-state index contributed by atoms with van der Waals surface area (Å²) < 4.78 is 4.69. The first-order valence-electron chi connectivity index (χ1n) is 11.0. The van der Waals surface area contributed by atoms with Crippen molar-refractivity contribution < 1.29 is 14.6 Å². The van der Waals surface area contributed by atoms with Crippen LogP contribution in [-0.2, 0) is 11.3 Å². The van der Waals surface area contributed by atoms with Gasteiger partial charge in [-0.05, 0) is 35.2 Å². The zero-order valence-electron chi connectivity index (χ0n) is 20.2. The summed E-state index contributed by atoms with van der Waals surface area (Å²) in [6, 6.07) is 20.1. The summed E-state index contributed by atoms with van der Waals surface area (Å²) in [5.74, 6) is 4.04. The Balaban J connectivity index is 0.000000784. The number of hydrogen-bond acceptors (Lipinski definition) is 6. The molecule has 9 nitrogen and oxygen atoms in total. The highest BCUT2D eigenvalue weighted by atomic mass is 16.5. The second-order valence-corrected chi connectivity index (χ2v) is 7.70. The number of para-hydroxylation sites is 1. The minimum atomic E-state index is -1.02. The van der Waals surface area contributed by atoms with E-state index in [0.717, 1.165) is 29.7 Å². The molecule has 0 saturated heterocycles. The summed E-state index contributed by atoms with van der Waals surface area (Å²) in [4.78, 5) is 13.4. The van der Waals surface area contributed by atoms with Crippen LogP contribution >= 0.6 is 0 Å². The number of nitrogens with zero attached hydrogens (tertiary/aromatic N) is 3. The lowest BCUT2D eigenvalue weighted by molar-refractivity contribution is 0.0697. The number of methoxy groups -OCH3 is 1. The molecule has 0 amide bonds. The Morgan fingerprint density at radius 3 is 2.29 bits per heavy atom. The Kier molecular flexibility index (Phi) is 10.4. The number of nitrogens with two attached hydrogens (primary N) is 2. The maximum atomic E-state index is 11.5. The van der Waals surface area contributed by atoms with Gasteiger partial charge in [0.05, 0.1) is 16.9 Å². The van der Waals surface area contributed by atoms with Crippen molar-refractivity contribution >= 4 is 23.2 Å². The van der Waals surface area contributed by atoms with Crippen LogP contribution < -0.4 is 16.5 Å². The number of aromatic carboxylic acids is 1. The number of amidine groups is 1. The van der Waals surface area contributed by atoms with Gasteiger partial charge in [0.15, 0.2) is 5.84 Å². The number of carboxylic acid groups (broad SMARTS) is 1. The number of ether oxygens (including phenoxy) is 1. The quantitative estimate of drug-likeness (QED) is 0.0900. The molecule has 3 aromatic rings. The van der Waals surface area contributed by atoms with Crippen molar-refractivity contribution in [3.05, 3.63) is 83.4 Å². The molecule has 0 atom stereocenters. The highest BCUT2D eigenvalue weighted by molar-refractivity contribution is 6.02. The summed E-state index contributed by atoms with van der Waals surface area (Å²) in [6.07, 6.45) is 1.12. The van der Waals surface area contributed by atoms with Gasteiger partial charge < -0.3 is 26.3 Å². The van der Waals surface area contributed by atoms with Crippen LogP contribution in [0.2, 0.25) is 0 Å². The standard InChI is InChI=1S/C22H22N6O2.C4H10O/c1-28(20-18(22(29)30)7-4-8-19(20)23)13-14-9-11-15(12-10-14)16-5-2-3-6-17(16)21(24)26-27-25;1-3-4-5-2/h2-12H,13,23H2,1H3,(H,29,30)(H3,24,25,26);3-4H2,1-2H3. The summed E-state index contributed by atoms with van der Waals surface area (Å²) in [5.41, 5.74) is 10.5. The Morgan fingerprint density at radius 2 is 1.71 bits per heavy atom. The molecule has 0 aromatic heterocycles. The molecule has 3 aromatic carbocycles. The minimum Gasteiger partial charge on any atom is -0.478 e. The first kappa shape index (κ1) is 27.0. The minimum absolute atomic E-state index is 0.0161. The lowest BCUT2D eigenvalue weighted by Gasteiger charge is -2.23. The molecule has 3 rings (SSSR count). The molecule has 0 saturated carbocycles. The van der Waals surface area contributed by atoms with Crippen LogP contribution in [0.1, 0.15) is 34.8 Å². The van der Waals surface area contributed by atoms with Crippen LogP contribution in [0, 0.1) is 5.41 Å². The molecular weight excluding hydrogens is 444 g/mol. The van der Waals surface area contributed by atoms with E-state index in [9.17, 15) is 9.90 Å². The molecule has 0 unspecified atom stereocenters. The fourth-order valence-corrected chi connectivity index (χ4v) is 3.56. The maximum Gasteiger partial charge on any atom is 0.337 e. The van der Waals surface area contributed by atoms with Crippen LogP contribution in [-0.4, -0.2) is 37.7 Å². The van der Waals surface area contributed by atoms with Crippen LogP contribution in [0.3, 0.4) is 0 Å². The lowest BCUT2D eigenvalue weighted by Crippen LogP contribution is -2.20. The van der Waals surface area contributed by atoms with Gasteiger partial charge >= 0.3 is 5.97 Å². The van der Waals surface area contributed by atoms with Crippen LogP contribution in [0.5, 0.6) is 0 Å². The lowest BCUT2D eigenvalue weighted by atomic mass is 9.98. The van der Waals surface area contributed by atoms with E-state index in [1.54, 1.807) is 32.4 Å². The summed E-state index contributed by atoms with van der Waals surface area (Å²) in [6.45, 7) is 3.46. The predicted molar refractivity (Wildman–Crippen MR) is 140 cm³/mol. The number of carboxylic acids is 1. The Labute approximate surface area is 205 Å². The normalized spacial score (nSPS) is 10.5. The van der Waals surface area contributed by atoms with E-state index >= 15 is 0 Å². The van der Waals surface area contributed by atoms with Gasteiger partial charge in [-0.25, -0.2) is 4.79 Å². The van der Waals surface area contributed by atoms with Crippen LogP contribution in [0.25, 0.3) is 11.1 Å². The van der Waals surface area contributed by atoms with Gasteiger partial charge in [-0.1, -0.05) is 66.7 Å². The molecule has 35 heavy (non-hydrogen) atoms. The molecular formula is C26H32N6O3. The average Bonchev–Trinajstić information content (AvgIpc) is 2.85. The van der Waals surface area contributed by atoms with Crippen molar-refractivity contribution in [3.8, 4) is 11.1 Å². The van der Waals surface area contributed by atoms with E-state index in [2.05, 4.69) is 17.3 Å². The van der Waals surface area contributed by atoms with E-state index in [0.29, 0.717) is 23.5 Å². The number of hydrogen-bond donors (Lipinski definition) is 4. The molecule has 0 spiro atoms. The molecule has 9 heteroatoms. The zero-order valence-corrected chi connectivity index (χ0v) is 20.2. The molecule has 0 heterocycles. The average molecular weight is 477 g/mol. The molecule has 0 aliphatic heterocycles. The van der Waals surface area contributed by atoms with Gasteiger partial charge in [0.25, 0.3) is 0 Å². The van der Waals surface area contributed by atoms with Crippen molar-refractivity contribution in [2.75, 3.05) is 31.4 Å². The summed E-state index contributed by atoms with van der Waals surface area (Å²) in [5, 5.41) is 24.3. The third-order valence-electron chi connectivity index (χ3n) is 5.11. The van der Waals surface area contributed by atoms with E-state index in [1.165, 1.54) is 6.07 Å². The Bertz CT molecular complexity index is 1160. The number of nitrogen functional groups attached to an aromatic ring is 1. The van der Waals surface area contributed by atoms with Crippen molar-refractivity contribution in [1.82, 2.24) is 0 Å². The van der Waals surface area contributed by atoms with Gasteiger partial charge in [-0.15, -0.1) is 5.11 Å². The van der Waals surface area contributed by atoms with E-state index in [1.807, 2.05) is 47.4 Å². The Morgan fingerprint density at radius 1 is 1.06 bits per heavy atom. The molecule has 0 fully saturated rings. The molecule has 0 aliphatic carbocycles. The molecule has 184 valence electrons. The highest BCUT2D eigenvalue weighted by Gasteiger charge is 2.17. The van der Waals surface area contributed by atoms with E-state index < -0.39 is 5.97 Å². The van der Waals surface area contributed by atoms with Gasteiger partial charge in [0.1, 0.15) is 0 Å². The summed E-state index contributed by atoms with van der Waals surface area (Å²) >= 11 is 0. The molecule has 6 N–H and O–H groups in total. The van der Waals surface area contributed by atoms with Gasteiger partial charge in [-0.2, -0.15) is 0 Å². The number of carbonyl (C=O) groups is 1. The van der Waals surface area contributed by atoms with Crippen molar-refractivity contribution in [1.29, 1.82) is 5.41 Å². The number of rotatable bonds is 8. The predicted octanol–water partition coefficient (Wildman–Crippen LogP) is 4.96. The van der Waals surface area contributed by atoms with Crippen molar-refractivity contribution in [2.45, 2.75) is 19.9 Å². The van der Waals surface area contributed by atoms with E-state index in [-0.39, 0.29) is 11.4 Å². The highest BCUT2D eigenvalue weighted by Crippen LogP contribution is 2.29. The van der Waals surface area contributed by atoms with Crippen LogP contribution in [0.4, 0.5) is 11.4 Å². The van der Waals surface area contributed by atoms with E-state index in [4.69, 9.17) is 21.7 Å². The number of benzene rings is 3. The number of nitrogens with one attached hydrogen (secondary N) is 1. The molecule has 0 radical (unpaired) electrons. The fraction of sp³-hybridized carbons (Fsp3) is 0.231. The maximum absolute atomic E-state index is 11.5. The molecule has 0 bridgehead atoms. The molecule has 0 aliphatic rings. The first-order chi connectivity index (χ1) is 16.8. The SMILES string of the molecule is CCCOC.CN(Cc1ccc(-c2ccccc2C(=N)N=NN)cc1)c1c(N)cccc1C(=O)O. The van der Waals surface area contributed by atoms with Gasteiger partial charge in [-0.3, -0.25) is 5.41 Å². The zero-order chi connectivity index (χ0) is 25.8. The fourth-order valence-electron chi connectivity index (χ4n) is 3.56. The van der Waals surface area contributed by atoms with Crippen LogP contribution in [0.15, 0.2) is 77.1 Å². The second kappa shape index (κ2) is 13.5. The van der Waals surface area contributed by atoms with Gasteiger partial charge in [0.2, 0.25) is 0 Å². The van der Waals surface area contributed by atoms with Gasteiger partial charge in [0, 0.05) is 32.9 Å². The number of anilines is 2. The monoisotopic (exact) mass is 476 g/mol. The largest absolute Gasteiger partial charge is 0.478 e.